The van der Waals surface area contributed by atoms with Crippen molar-refractivity contribution in [2.45, 2.75) is 12.8 Å². The number of imide groups is 1. The van der Waals surface area contributed by atoms with Gasteiger partial charge < -0.3 is 0 Å². The van der Waals surface area contributed by atoms with Crippen LogP contribution in [0.4, 0.5) is 0 Å². The molecule has 0 bridgehead atoms. The van der Waals surface area contributed by atoms with Crippen molar-refractivity contribution in [2.24, 2.45) is 0 Å². The molecule has 3 nitrogen and oxygen atoms in total. The molecule has 0 saturated heterocycles. The van der Waals surface area contributed by atoms with Crippen LogP contribution in [0.2, 0.25) is 0 Å². The molecule has 0 spiro atoms. The van der Waals surface area contributed by atoms with Gasteiger partial charge in [0.05, 0.1) is 0 Å². The number of hydrogen-bond donors (Lipinski definition) is 1. The van der Waals surface area contributed by atoms with Crippen molar-refractivity contribution in [3.8, 4) is 0 Å². The molecule has 1 heterocycles. The summed E-state index contributed by atoms with van der Waals surface area (Å²) in [5.41, 5.74) is 1.30. The van der Waals surface area contributed by atoms with E-state index in [0.717, 1.165) is 0 Å². The SMILES string of the molecule is O=C1NC(=O)C2=C1CC=CC2. The molecule has 1 aliphatic heterocycles. The van der Waals surface area contributed by atoms with Gasteiger partial charge in [-0.15, -0.1) is 0 Å². The number of carbonyl (C=O) groups excluding carboxylic acids is 2. The number of carbonyl (C=O) groups is 2. The van der Waals surface area contributed by atoms with Gasteiger partial charge in [-0.1, -0.05) is 12.2 Å². The van der Waals surface area contributed by atoms with E-state index in [0.29, 0.717) is 24.0 Å². The van der Waals surface area contributed by atoms with Crippen LogP contribution in [0.15, 0.2) is 23.3 Å². The van der Waals surface area contributed by atoms with Crippen LogP contribution in [0.25, 0.3) is 0 Å². The highest BCUT2D eigenvalue weighted by molar-refractivity contribution is 6.19. The highest BCUT2D eigenvalue weighted by atomic mass is 16.2. The Kier molecular flexibility index (Phi) is 1.18. The van der Waals surface area contributed by atoms with Gasteiger partial charge in [-0.2, -0.15) is 0 Å². The molecule has 0 saturated carbocycles. The van der Waals surface area contributed by atoms with E-state index < -0.39 is 0 Å². The number of amides is 2. The standard InChI is InChI=1S/C8H7NO2/c10-7-5-3-1-2-4-6(5)8(11)9-7/h1-2H,3-4H2,(H,9,10,11). The molecular weight excluding hydrogens is 142 g/mol. The maximum absolute atomic E-state index is 11.0. The summed E-state index contributed by atoms with van der Waals surface area (Å²) in [4.78, 5) is 22.0. The van der Waals surface area contributed by atoms with Crippen LogP contribution < -0.4 is 5.32 Å². The average molecular weight is 149 g/mol. The van der Waals surface area contributed by atoms with Crippen LogP contribution in [0.3, 0.4) is 0 Å². The molecule has 0 unspecified atom stereocenters. The molecule has 56 valence electrons. The van der Waals surface area contributed by atoms with Crippen LogP contribution in [0, 0.1) is 0 Å². The zero-order chi connectivity index (χ0) is 7.84. The summed E-state index contributed by atoms with van der Waals surface area (Å²) < 4.78 is 0. The third-order valence-corrected chi connectivity index (χ3v) is 1.95. The van der Waals surface area contributed by atoms with Gasteiger partial charge in [0.15, 0.2) is 0 Å². The Morgan fingerprint density at radius 3 is 1.91 bits per heavy atom. The van der Waals surface area contributed by atoms with Crippen molar-refractivity contribution in [2.75, 3.05) is 0 Å². The third-order valence-electron chi connectivity index (χ3n) is 1.95. The van der Waals surface area contributed by atoms with Crippen LogP contribution in [0.5, 0.6) is 0 Å². The Labute approximate surface area is 63.8 Å². The molecular formula is C8H7NO2. The fourth-order valence-electron chi connectivity index (χ4n) is 1.36. The summed E-state index contributed by atoms with van der Waals surface area (Å²) in [6, 6.07) is 0. The van der Waals surface area contributed by atoms with Crippen molar-refractivity contribution in [3.63, 3.8) is 0 Å². The first-order chi connectivity index (χ1) is 5.29. The molecule has 0 aromatic heterocycles. The minimum absolute atomic E-state index is 0.214. The summed E-state index contributed by atoms with van der Waals surface area (Å²) in [5.74, 6) is -0.427. The second kappa shape index (κ2) is 2.05. The predicted octanol–water partition coefficient (Wildman–Crippen LogP) is 0.289. The van der Waals surface area contributed by atoms with Crippen LogP contribution in [-0.2, 0) is 9.59 Å². The van der Waals surface area contributed by atoms with E-state index in [4.69, 9.17) is 0 Å². The molecule has 0 atom stereocenters. The first-order valence-electron chi connectivity index (χ1n) is 3.52. The summed E-state index contributed by atoms with van der Waals surface area (Å²) in [7, 11) is 0. The fraction of sp³-hybridized carbons (Fsp3) is 0.250. The molecule has 0 fully saturated rings. The molecule has 1 aliphatic carbocycles. The Balaban J connectivity index is 2.42. The zero-order valence-electron chi connectivity index (χ0n) is 5.89. The van der Waals surface area contributed by atoms with Crippen LogP contribution in [-0.4, -0.2) is 11.8 Å². The summed E-state index contributed by atoms with van der Waals surface area (Å²) >= 11 is 0. The maximum atomic E-state index is 11.0. The van der Waals surface area contributed by atoms with Gasteiger partial charge >= 0.3 is 0 Å². The topological polar surface area (TPSA) is 46.2 Å². The molecule has 0 aromatic carbocycles. The minimum atomic E-state index is -0.214. The molecule has 0 aromatic rings. The summed E-state index contributed by atoms with van der Waals surface area (Å²) in [5, 5.41) is 2.27. The smallest absolute Gasteiger partial charge is 0.254 e. The second-order valence-electron chi connectivity index (χ2n) is 2.62. The first-order valence-corrected chi connectivity index (χ1v) is 3.52. The predicted molar refractivity (Wildman–Crippen MR) is 38.5 cm³/mol. The van der Waals surface area contributed by atoms with E-state index in [1.165, 1.54) is 0 Å². The quantitative estimate of drug-likeness (QED) is 0.397. The normalized spacial score (nSPS) is 22.2. The van der Waals surface area contributed by atoms with Gasteiger partial charge in [0, 0.05) is 11.1 Å². The number of rotatable bonds is 0. The molecule has 11 heavy (non-hydrogen) atoms. The van der Waals surface area contributed by atoms with E-state index in [1.807, 2.05) is 12.2 Å². The fourth-order valence-corrected chi connectivity index (χ4v) is 1.36. The van der Waals surface area contributed by atoms with E-state index in [-0.39, 0.29) is 11.8 Å². The Morgan fingerprint density at radius 2 is 1.45 bits per heavy atom. The Morgan fingerprint density at radius 1 is 1.00 bits per heavy atom. The van der Waals surface area contributed by atoms with Gasteiger partial charge in [0.1, 0.15) is 0 Å². The van der Waals surface area contributed by atoms with Crippen molar-refractivity contribution < 1.29 is 9.59 Å². The number of hydrogen-bond acceptors (Lipinski definition) is 2. The van der Waals surface area contributed by atoms with Crippen molar-refractivity contribution in [3.05, 3.63) is 23.3 Å². The third kappa shape index (κ3) is 0.808. The largest absolute Gasteiger partial charge is 0.289 e. The van der Waals surface area contributed by atoms with Gasteiger partial charge in [-0.25, -0.2) is 0 Å². The van der Waals surface area contributed by atoms with Crippen molar-refractivity contribution >= 4 is 11.8 Å². The van der Waals surface area contributed by atoms with Gasteiger partial charge in [0.2, 0.25) is 0 Å². The summed E-state index contributed by atoms with van der Waals surface area (Å²) in [6.45, 7) is 0. The van der Waals surface area contributed by atoms with E-state index in [1.54, 1.807) is 0 Å². The lowest BCUT2D eigenvalue weighted by molar-refractivity contribution is -0.124. The van der Waals surface area contributed by atoms with Gasteiger partial charge in [-0.05, 0) is 12.8 Å². The number of nitrogens with one attached hydrogen (secondary N) is 1. The molecule has 2 aliphatic rings. The molecule has 2 amide bonds. The monoisotopic (exact) mass is 149 g/mol. The lowest BCUT2D eigenvalue weighted by Crippen LogP contribution is -2.22. The van der Waals surface area contributed by atoms with Gasteiger partial charge in [0.25, 0.3) is 11.8 Å². The van der Waals surface area contributed by atoms with E-state index in [2.05, 4.69) is 5.32 Å². The highest BCUT2D eigenvalue weighted by Crippen LogP contribution is 2.23. The average Bonchev–Trinajstić information content (AvgIpc) is 2.30. The lowest BCUT2D eigenvalue weighted by atomic mass is 9.99. The van der Waals surface area contributed by atoms with Gasteiger partial charge in [-0.3, -0.25) is 14.9 Å². The van der Waals surface area contributed by atoms with Crippen LogP contribution in [0.1, 0.15) is 12.8 Å². The van der Waals surface area contributed by atoms with E-state index >= 15 is 0 Å². The van der Waals surface area contributed by atoms with Crippen LogP contribution >= 0.6 is 0 Å². The van der Waals surface area contributed by atoms with Crippen molar-refractivity contribution in [1.82, 2.24) is 5.32 Å². The minimum Gasteiger partial charge on any atom is -0.289 e. The highest BCUT2D eigenvalue weighted by Gasteiger charge is 2.29. The summed E-state index contributed by atoms with van der Waals surface area (Å²) in [6.07, 6.45) is 5.04. The maximum Gasteiger partial charge on any atom is 0.254 e. The molecule has 1 N–H and O–H groups in total. The lowest BCUT2D eigenvalue weighted by Gasteiger charge is -2.02. The molecule has 3 heteroatoms. The molecule has 2 rings (SSSR count). The zero-order valence-corrected chi connectivity index (χ0v) is 5.89. The van der Waals surface area contributed by atoms with Crippen molar-refractivity contribution in [1.29, 1.82) is 0 Å². The molecule has 0 radical (unpaired) electrons. The Hall–Kier alpha value is -1.38. The second-order valence-corrected chi connectivity index (χ2v) is 2.62. The Bertz CT molecular complexity index is 271. The number of allylic oxidation sites excluding steroid dienone is 2. The van der Waals surface area contributed by atoms with E-state index in [9.17, 15) is 9.59 Å². The first kappa shape index (κ1) is 6.34.